The van der Waals surface area contributed by atoms with Crippen molar-refractivity contribution >= 4 is 142 Å². The van der Waals surface area contributed by atoms with E-state index < -0.39 is 45.1 Å². The summed E-state index contributed by atoms with van der Waals surface area (Å²) in [6, 6.07) is 197. The Morgan fingerprint density at radius 1 is 0.136 bits per heavy atom. The maximum Gasteiger partial charge on any atom is 0.347 e. The van der Waals surface area contributed by atoms with E-state index in [0.717, 1.165) is 140 Å². The Morgan fingerprint density at radius 3 is 0.386 bits per heavy atom. The van der Waals surface area contributed by atoms with Crippen molar-refractivity contribution in [1.29, 1.82) is 0 Å². The molecule has 21 aromatic rings. The molecule has 0 aliphatic carbocycles. The first-order valence-electron chi connectivity index (χ1n) is 47.1. The molecule has 0 fully saturated rings. The van der Waals surface area contributed by atoms with Gasteiger partial charge in [0, 0.05) is 34.1 Å². The summed E-state index contributed by atoms with van der Waals surface area (Å²) in [5, 5.41) is 14.3. The number of hydrogen-bond donors (Lipinski definition) is 0. The van der Waals surface area contributed by atoms with Crippen LogP contribution in [-0.2, 0) is 0 Å². The first kappa shape index (κ1) is 91.3. The summed E-state index contributed by atoms with van der Waals surface area (Å²) in [7, 11) is -14.3. The van der Waals surface area contributed by atoms with Crippen LogP contribution in [0.2, 0.25) is 20.1 Å². The van der Waals surface area contributed by atoms with Crippen molar-refractivity contribution in [2.24, 2.45) is 0 Å². The fraction of sp³-hybridized carbons (Fsp3) is 0.0156. The highest BCUT2D eigenvalue weighted by Crippen LogP contribution is 2.51. The van der Waals surface area contributed by atoms with Gasteiger partial charge < -0.3 is 17.7 Å². The van der Waals surface area contributed by atoms with Crippen molar-refractivity contribution in [1.82, 2.24) is 0 Å². The molecule has 0 amide bonds. The van der Waals surface area contributed by atoms with Gasteiger partial charge in [0.25, 0.3) is 0 Å². The number of halogens is 4. The molecule has 0 atom stereocenters. The summed E-state index contributed by atoms with van der Waals surface area (Å²) in [4.78, 5) is 0. The average molecular weight is 1950 g/mol. The zero-order valence-corrected chi connectivity index (χ0v) is 83.4. The van der Waals surface area contributed by atoms with Gasteiger partial charge in [-0.05, 0) is 166 Å². The lowest BCUT2D eigenvalue weighted by Gasteiger charge is -2.35. The van der Waals surface area contributed by atoms with E-state index in [2.05, 4.69) is 558 Å². The van der Waals surface area contributed by atoms with Crippen molar-refractivity contribution < 1.29 is 17.7 Å². The van der Waals surface area contributed by atoms with Gasteiger partial charge in [0.2, 0.25) is 0 Å². The lowest BCUT2D eigenvalue weighted by Crippen LogP contribution is -2.71. The predicted molar refractivity (Wildman–Crippen MR) is 594 cm³/mol. The molecule has 0 aromatic heterocycles. The van der Waals surface area contributed by atoms with Gasteiger partial charge in [0.1, 0.15) is 23.0 Å². The van der Waals surface area contributed by atoms with Crippen LogP contribution in [0.25, 0.3) is 44.5 Å². The van der Waals surface area contributed by atoms with E-state index in [9.17, 15) is 0 Å². The highest BCUT2D eigenvalue weighted by atomic mass is 35.5. The third-order valence-electron chi connectivity index (χ3n) is 26.7. The Bertz CT molecular complexity index is 6480. The molecule has 0 bridgehead atoms. The van der Waals surface area contributed by atoms with Crippen LogP contribution in [0.15, 0.2) is 558 Å². The van der Waals surface area contributed by atoms with Gasteiger partial charge in [0.15, 0.2) is 0 Å². The van der Waals surface area contributed by atoms with Crippen LogP contribution in [0.3, 0.4) is 0 Å². The van der Waals surface area contributed by atoms with Gasteiger partial charge in [-0.25, -0.2) is 0 Å². The van der Waals surface area contributed by atoms with Crippen molar-refractivity contribution in [2.45, 2.75) is 11.8 Å². The van der Waals surface area contributed by atoms with Crippen LogP contribution in [0.1, 0.15) is 45.2 Å². The quantitative estimate of drug-likeness (QED) is 0.0332. The Morgan fingerprint density at radius 2 is 0.257 bits per heavy atom. The molecule has 0 N–H and O–H groups in total. The van der Waals surface area contributed by atoms with Gasteiger partial charge in [-0.15, -0.1) is 0 Å². The smallest absolute Gasteiger partial charge is 0.347 e. The maximum absolute atomic E-state index is 8.45. The summed E-state index contributed by atoms with van der Waals surface area (Å²) in [6.07, 6.45) is 0. The van der Waals surface area contributed by atoms with Crippen LogP contribution in [0, 0.1) is 0 Å². The fourth-order valence-electron chi connectivity index (χ4n) is 20.3. The molecule has 0 aliphatic rings. The van der Waals surface area contributed by atoms with E-state index in [1.54, 1.807) is 0 Å². The summed E-state index contributed by atoms with van der Waals surface area (Å²) in [5.41, 5.74) is 12.2. The average Bonchev–Trinajstić information content (AvgIpc) is 0.729. The first-order valence-corrected chi connectivity index (χ1v) is 56.3. The minimum Gasteiger partial charge on any atom is -0.529 e. The van der Waals surface area contributed by atoms with E-state index >= 15 is 0 Å². The minimum absolute atomic E-state index is 0.422. The molecule has 21 rings (SSSR count). The molecular formula is C128H94Cl4O4Si4. The van der Waals surface area contributed by atoms with Gasteiger partial charge >= 0.3 is 33.3 Å². The molecule has 0 unspecified atom stereocenters. The van der Waals surface area contributed by atoms with E-state index in [1.807, 2.05) is 0 Å². The van der Waals surface area contributed by atoms with Gasteiger partial charge in [0.05, 0.1) is 20.1 Å². The molecule has 12 heteroatoms. The third kappa shape index (κ3) is 17.9. The van der Waals surface area contributed by atoms with Gasteiger partial charge in [-0.1, -0.05) is 556 Å². The highest BCUT2D eigenvalue weighted by molar-refractivity contribution is 7.09. The molecule has 0 radical (unpaired) electrons. The zero-order valence-electron chi connectivity index (χ0n) is 76.4. The summed E-state index contributed by atoms with van der Waals surface area (Å²) >= 11 is 33.8. The summed E-state index contributed by atoms with van der Waals surface area (Å²) in [6.45, 7) is 0. The largest absolute Gasteiger partial charge is 0.529 e. The second-order valence-electron chi connectivity index (χ2n) is 35.0. The van der Waals surface area contributed by atoms with Crippen LogP contribution in [-0.4, -0.2) is 33.3 Å². The normalized spacial score (nSPS) is 11.7. The topological polar surface area (TPSA) is 36.9 Å². The van der Waals surface area contributed by atoms with Crippen LogP contribution in [0.5, 0.6) is 23.0 Å². The molecule has 0 heterocycles. The molecule has 0 saturated carbocycles. The Labute approximate surface area is 843 Å². The van der Waals surface area contributed by atoms with Gasteiger partial charge in [-0.2, -0.15) is 0 Å². The van der Waals surface area contributed by atoms with Crippen LogP contribution >= 0.6 is 46.4 Å². The molecule has 21 aromatic carbocycles. The molecular weight excluding hydrogens is 1860 g/mol. The fourth-order valence-corrected chi connectivity index (χ4v) is 37.1. The minimum atomic E-state index is -3.56. The molecule has 0 saturated heterocycles. The molecule has 4 nitrogen and oxygen atoms in total. The second kappa shape index (κ2) is 41.3. The van der Waals surface area contributed by atoms with Crippen molar-refractivity contribution in [3.63, 3.8) is 0 Å². The Kier molecular flexibility index (Phi) is 26.9. The summed E-state index contributed by atoms with van der Waals surface area (Å²) < 4.78 is 32.9. The lowest BCUT2D eigenvalue weighted by atomic mass is 9.80. The SMILES string of the molecule is Clc1cc(C(c2ccc(C(c3cc(Cl)c(O[Si](c4ccccc4)(c4ccccc4)c4ccccc4)c(-c4ccccc4)c3)c3cc(Cl)c(O[Si](c4ccccc4)(c4ccccc4)c4ccccc4)c(-c4ccccc4)c3)cc2)c2cc(Cl)c(O[Si](c3ccccc3)(c3ccccc3)c3ccccc3)c(-c3ccccc3)c2)cc(-c2ccccc2)c1O[Si](c1ccccc1)(c1ccccc1)c1ccccc1. The zero-order chi connectivity index (χ0) is 94.7. The van der Waals surface area contributed by atoms with Crippen molar-refractivity contribution in [3.8, 4) is 67.5 Å². The molecule has 674 valence electrons. The van der Waals surface area contributed by atoms with Gasteiger partial charge in [-0.3, -0.25) is 0 Å². The standard InChI is InChI=1S/C128H94Cl4O4Si4/c129-119-89-99(85-115(93-49-17-1-18-50-93)125(119)133-137(103-57-25-5-26-58-103,104-59-27-6-28-60-104)105-61-29-7-30-62-105)123(100-86-116(94-51-19-2-20-52-94)126(120(130)90-100)134-138(106-63-31-8-32-64-106,107-65-33-9-34-66-107)108-67-35-10-36-68-108)97-81-83-98(84-82-97)124(101-87-117(95-53-21-3-22-54-95)127(121(131)91-101)135-139(109-69-37-11-38-70-109,110-71-39-12-40-72-110)111-73-41-13-42-74-111)102-88-118(96-55-23-4-24-56-96)128(122(132)92-102)136-140(112-75-43-14-44-76-112,113-77-45-15-46-78-113)114-79-47-16-48-80-114/h1-92,123-124H. The van der Waals surface area contributed by atoms with Crippen molar-refractivity contribution in [2.75, 3.05) is 0 Å². The number of hydrogen-bond acceptors (Lipinski definition) is 4. The predicted octanol–water partition coefficient (Wildman–Crippen LogP) is 25.5. The maximum atomic E-state index is 8.45. The highest BCUT2D eigenvalue weighted by Gasteiger charge is 2.50. The number of benzene rings is 21. The molecule has 0 aliphatic heterocycles. The van der Waals surface area contributed by atoms with E-state index in [1.165, 1.54) is 0 Å². The Balaban J connectivity index is 0.823. The third-order valence-corrected chi connectivity index (χ3v) is 43.6. The van der Waals surface area contributed by atoms with Crippen LogP contribution < -0.4 is 79.9 Å². The second-order valence-corrected chi connectivity index (χ2v) is 49.9. The van der Waals surface area contributed by atoms with E-state index in [-0.39, 0.29) is 0 Å². The monoisotopic (exact) mass is 1950 g/mol. The first-order chi connectivity index (χ1) is 69.0. The van der Waals surface area contributed by atoms with Crippen LogP contribution in [0.4, 0.5) is 0 Å². The summed E-state index contributed by atoms with van der Waals surface area (Å²) in [5.74, 6) is 0.953. The molecule has 140 heavy (non-hydrogen) atoms. The van der Waals surface area contributed by atoms with E-state index in [4.69, 9.17) is 64.1 Å². The van der Waals surface area contributed by atoms with E-state index in [0.29, 0.717) is 43.1 Å². The molecule has 0 spiro atoms. The Hall–Kier alpha value is -15.2. The number of rotatable bonds is 30. The lowest BCUT2D eigenvalue weighted by molar-refractivity contribution is 0.578. The van der Waals surface area contributed by atoms with Crippen molar-refractivity contribution in [3.05, 3.63) is 612 Å².